The van der Waals surface area contributed by atoms with Crippen molar-refractivity contribution in [3.63, 3.8) is 0 Å². The summed E-state index contributed by atoms with van der Waals surface area (Å²) in [5.74, 6) is 1.15. The van der Waals surface area contributed by atoms with Crippen molar-refractivity contribution in [2.24, 2.45) is 12.0 Å². The summed E-state index contributed by atoms with van der Waals surface area (Å²) in [6.45, 7) is 2.08. The van der Waals surface area contributed by atoms with Crippen LogP contribution in [0, 0.1) is 0 Å². The Hall–Kier alpha value is -1.64. The van der Waals surface area contributed by atoms with E-state index in [1.54, 1.807) is 0 Å². The lowest BCUT2D eigenvalue weighted by Gasteiger charge is -2.19. The van der Waals surface area contributed by atoms with Gasteiger partial charge in [0.1, 0.15) is 0 Å². The van der Waals surface area contributed by atoms with Gasteiger partial charge in [0.25, 0.3) is 5.82 Å². The monoisotopic (exact) mass is 188 g/mol. The van der Waals surface area contributed by atoms with E-state index in [1.165, 1.54) is 0 Å². The number of aryl methyl sites for hydroxylation is 1. The third-order valence-corrected chi connectivity index (χ3v) is 2.33. The summed E-state index contributed by atoms with van der Waals surface area (Å²) in [4.78, 5) is 6.47. The second kappa shape index (κ2) is 3.62. The maximum absolute atomic E-state index is 4.33. The highest BCUT2D eigenvalue weighted by Gasteiger charge is 2.21. The highest BCUT2D eigenvalue weighted by Crippen LogP contribution is 2.14. The average Bonchev–Trinajstić information content (AvgIpc) is 2.20. The van der Waals surface area contributed by atoms with Crippen LogP contribution in [0.3, 0.4) is 0 Å². The van der Waals surface area contributed by atoms with Gasteiger partial charge in [-0.15, -0.1) is 0 Å². The molecule has 14 heavy (non-hydrogen) atoms. The van der Waals surface area contributed by atoms with Crippen LogP contribution in [0.5, 0.6) is 0 Å². The first kappa shape index (κ1) is 8.94. The van der Waals surface area contributed by atoms with Crippen molar-refractivity contribution in [3.8, 4) is 0 Å². The molecular formula is C11H14N3+. The molecule has 1 aliphatic rings. The fourth-order valence-electron chi connectivity index (χ4n) is 1.55. The van der Waals surface area contributed by atoms with Crippen molar-refractivity contribution in [1.29, 1.82) is 0 Å². The molecule has 0 N–H and O–H groups in total. The van der Waals surface area contributed by atoms with Crippen LogP contribution >= 0.6 is 0 Å². The second-order valence-corrected chi connectivity index (χ2v) is 3.35. The van der Waals surface area contributed by atoms with E-state index < -0.39 is 0 Å². The molecule has 72 valence electrons. The van der Waals surface area contributed by atoms with Gasteiger partial charge in [-0.25, -0.2) is 14.5 Å². The minimum atomic E-state index is 0.175. The molecule has 3 nitrogen and oxygen atoms in total. The van der Waals surface area contributed by atoms with Crippen LogP contribution in [0.1, 0.15) is 6.92 Å². The number of aliphatic imine (C=N–C) groups is 1. The number of allylic oxidation sites excluding steroid dienone is 1. The van der Waals surface area contributed by atoms with Gasteiger partial charge >= 0.3 is 0 Å². The molecule has 1 aliphatic heterocycles. The standard InChI is InChI=1S/C11H14N3/c1-10-12-7-5-9-14(10)11-6-3-4-8-13(11)2/h3-10H,1-2H3/q+1/t10-/m0/s1. The third-order valence-electron chi connectivity index (χ3n) is 2.33. The smallest absolute Gasteiger partial charge is 0.247 e. The predicted octanol–water partition coefficient (Wildman–Crippen LogP) is 1.26. The van der Waals surface area contributed by atoms with Crippen molar-refractivity contribution in [2.75, 3.05) is 4.90 Å². The van der Waals surface area contributed by atoms with E-state index in [9.17, 15) is 0 Å². The van der Waals surface area contributed by atoms with Crippen molar-refractivity contribution >= 4 is 12.0 Å². The van der Waals surface area contributed by atoms with Gasteiger partial charge in [-0.1, -0.05) is 6.07 Å². The first-order chi connectivity index (χ1) is 6.79. The zero-order valence-electron chi connectivity index (χ0n) is 8.46. The molecule has 0 fully saturated rings. The fraction of sp³-hybridized carbons (Fsp3) is 0.273. The van der Waals surface area contributed by atoms with Gasteiger partial charge in [0.05, 0.1) is 19.4 Å². The number of anilines is 1. The lowest BCUT2D eigenvalue weighted by Crippen LogP contribution is -2.40. The minimum Gasteiger partial charge on any atom is -0.247 e. The molecule has 2 heterocycles. The zero-order valence-corrected chi connectivity index (χ0v) is 8.46. The van der Waals surface area contributed by atoms with Gasteiger partial charge in [-0.05, 0) is 19.1 Å². The fourth-order valence-corrected chi connectivity index (χ4v) is 1.55. The summed E-state index contributed by atoms with van der Waals surface area (Å²) in [6.07, 6.45) is 8.05. The molecule has 0 bridgehead atoms. The Morgan fingerprint density at radius 1 is 1.43 bits per heavy atom. The van der Waals surface area contributed by atoms with E-state index in [4.69, 9.17) is 0 Å². The van der Waals surface area contributed by atoms with Gasteiger partial charge in [0.15, 0.2) is 6.17 Å². The van der Waals surface area contributed by atoms with Crippen LogP contribution < -0.4 is 9.47 Å². The number of rotatable bonds is 1. The van der Waals surface area contributed by atoms with E-state index in [-0.39, 0.29) is 6.17 Å². The third kappa shape index (κ3) is 1.53. The highest BCUT2D eigenvalue weighted by molar-refractivity contribution is 5.74. The maximum Gasteiger partial charge on any atom is 0.282 e. The van der Waals surface area contributed by atoms with Crippen molar-refractivity contribution in [1.82, 2.24) is 0 Å². The van der Waals surface area contributed by atoms with E-state index in [1.807, 2.05) is 43.9 Å². The lowest BCUT2D eigenvalue weighted by molar-refractivity contribution is -0.658. The quantitative estimate of drug-likeness (QED) is 0.607. The van der Waals surface area contributed by atoms with Crippen LogP contribution in [0.25, 0.3) is 0 Å². The predicted molar refractivity (Wildman–Crippen MR) is 57.2 cm³/mol. The highest BCUT2D eigenvalue weighted by atomic mass is 15.3. The summed E-state index contributed by atoms with van der Waals surface area (Å²) < 4.78 is 2.08. The Morgan fingerprint density at radius 2 is 2.29 bits per heavy atom. The van der Waals surface area contributed by atoms with E-state index in [2.05, 4.69) is 27.4 Å². The number of nitrogens with zero attached hydrogens (tertiary/aromatic N) is 3. The van der Waals surface area contributed by atoms with Crippen molar-refractivity contribution in [2.45, 2.75) is 13.1 Å². The van der Waals surface area contributed by atoms with Crippen molar-refractivity contribution < 1.29 is 4.57 Å². The summed E-state index contributed by atoms with van der Waals surface area (Å²) in [7, 11) is 2.04. The molecule has 1 aromatic rings. The molecule has 3 heteroatoms. The SMILES string of the molecule is C[C@H]1N=CC=CN1c1cccc[n+]1C. The number of aromatic nitrogens is 1. The van der Waals surface area contributed by atoms with Gasteiger partial charge in [0, 0.05) is 12.3 Å². The zero-order chi connectivity index (χ0) is 9.97. The Morgan fingerprint density at radius 3 is 3.00 bits per heavy atom. The normalized spacial score (nSPS) is 20.1. The second-order valence-electron chi connectivity index (χ2n) is 3.35. The van der Waals surface area contributed by atoms with Crippen molar-refractivity contribution in [3.05, 3.63) is 36.7 Å². The molecule has 0 aliphatic carbocycles. The Kier molecular flexibility index (Phi) is 2.31. The number of pyridine rings is 1. The summed E-state index contributed by atoms with van der Waals surface area (Å²) in [5.41, 5.74) is 0. The molecule has 0 amide bonds. The summed E-state index contributed by atoms with van der Waals surface area (Å²) in [6, 6.07) is 6.14. The first-order valence-corrected chi connectivity index (χ1v) is 4.72. The summed E-state index contributed by atoms with van der Waals surface area (Å²) >= 11 is 0. The molecule has 1 atom stereocenters. The van der Waals surface area contributed by atoms with Gasteiger partial charge < -0.3 is 0 Å². The maximum atomic E-state index is 4.33. The molecule has 0 aromatic carbocycles. The lowest BCUT2D eigenvalue weighted by atomic mass is 10.3. The van der Waals surface area contributed by atoms with Gasteiger partial charge in [-0.2, -0.15) is 0 Å². The average molecular weight is 188 g/mol. The Labute approximate surface area is 84.0 Å². The largest absolute Gasteiger partial charge is 0.282 e. The van der Waals surface area contributed by atoms with Gasteiger partial charge in [-0.3, -0.25) is 0 Å². The molecule has 2 rings (SSSR count). The molecule has 0 unspecified atom stereocenters. The van der Waals surface area contributed by atoms with Gasteiger partial charge in [0.2, 0.25) is 0 Å². The summed E-state index contributed by atoms with van der Waals surface area (Å²) in [5, 5.41) is 0. The number of hydrogen-bond donors (Lipinski definition) is 0. The molecule has 0 radical (unpaired) electrons. The molecule has 0 saturated carbocycles. The van der Waals surface area contributed by atoms with Crippen LogP contribution in [0.15, 0.2) is 41.7 Å². The van der Waals surface area contributed by atoms with E-state index in [0.29, 0.717) is 0 Å². The van der Waals surface area contributed by atoms with Crippen LogP contribution in [-0.2, 0) is 7.05 Å². The minimum absolute atomic E-state index is 0.175. The molecule has 1 aromatic heterocycles. The van der Waals surface area contributed by atoms with Crippen LogP contribution in [0.2, 0.25) is 0 Å². The first-order valence-electron chi connectivity index (χ1n) is 4.72. The Balaban J connectivity index is 2.36. The molecule has 0 saturated heterocycles. The molecular weight excluding hydrogens is 174 g/mol. The van der Waals surface area contributed by atoms with E-state index in [0.717, 1.165) is 5.82 Å². The molecule has 0 spiro atoms. The number of hydrogen-bond acceptors (Lipinski definition) is 2. The topological polar surface area (TPSA) is 19.5 Å². The Bertz CT molecular complexity index is 382. The van der Waals surface area contributed by atoms with Crippen LogP contribution in [0.4, 0.5) is 5.82 Å². The van der Waals surface area contributed by atoms with E-state index >= 15 is 0 Å². The van der Waals surface area contributed by atoms with Crippen LogP contribution in [-0.4, -0.2) is 12.4 Å².